The molecule has 6 heteroatoms. The van der Waals surface area contributed by atoms with E-state index in [0.717, 1.165) is 12.8 Å². The summed E-state index contributed by atoms with van der Waals surface area (Å²) in [5.41, 5.74) is 2.24. The van der Waals surface area contributed by atoms with Crippen LogP contribution in [0.4, 0.5) is 0 Å². The quantitative estimate of drug-likeness (QED) is 0.555. The highest BCUT2D eigenvalue weighted by Gasteiger charge is 2.55. The number of hydrogen-bond acceptors (Lipinski definition) is 6. The van der Waals surface area contributed by atoms with Gasteiger partial charge in [0.05, 0.1) is 0 Å². The Kier molecular flexibility index (Phi) is 5.03. The Balaban J connectivity index is 1.59. The van der Waals surface area contributed by atoms with Crippen LogP contribution < -0.4 is 0 Å². The van der Waals surface area contributed by atoms with E-state index in [-0.39, 0.29) is 29.0 Å². The van der Waals surface area contributed by atoms with E-state index >= 15 is 0 Å². The van der Waals surface area contributed by atoms with Gasteiger partial charge >= 0.3 is 11.9 Å². The molecule has 0 spiro atoms. The zero-order valence-corrected chi connectivity index (χ0v) is 16.8. The molecule has 0 aromatic heterocycles. The Labute approximate surface area is 170 Å². The van der Waals surface area contributed by atoms with Gasteiger partial charge in [0, 0.05) is 23.2 Å². The van der Waals surface area contributed by atoms with Crippen LogP contribution >= 0.6 is 0 Å². The average molecular weight is 400 g/mol. The third-order valence-electron chi connectivity index (χ3n) is 7.34. The number of aliphatic hydroxyl groups excluding tert-OH is 2. The van der Waals surface area contributed by atoms with E-state index in [0.29, 0.717) is 12.3 Å². The van der Waals surface area contributed by atoms with Gasteiger partial charge in [-0.05, 0) is 30.9 Å². The summed E-state index contributed by atoms with van der Waals surface area (Å²) < 4.78 is 10.8. The van der Waals surface area contributed by atoms with Crippen molar-refractivity contribution in [2.45, 2.75) is 45.3 Å². The first-order valence-electron chi connectivity index (χ1n) is 10.2. The van der Waals surface area contributed by atoms with Crippen molar-refractivity contribution >= 4 is 11.9 Å². The fourth-order valence-corrected chi connectivity index (χ4v) is 5.67. The molecule has 0 aromatic rings. The Bertz CT molecular complexity index is 836. The van der Waals surface area contributed by atoms with Crippen molar-refractivity contribution in [2.75, 3.05) is 13.2 Å². The summed E-state index contributed by atoms with van der Waals surface area (Å²) >= 11 is 0. The molecule has 0 heterocycles. The first-order chi connectivity index (χ1) is 13.8. The van der Waals surface area contributed by atoms with Gasteiger partial charge in [-0.25, -0.2) is 9.59 Å². The van der Waals surface area contributed by atoms with E-state index in [9.17, 15) is 9.59 Å². The molecule has 0 radical (unpaired) electrons. The van der Waals surface area contributed by atoms with Gasteiger partial charge in [0.25, 0.3) is 0 Å². The van der Waals surface area contributed by atoms with E-state index in [1.54, 1.807) is 0 Å². The van der Waals surface area contributed by atoms with Gasteiger partial charge in [-0.15, -0.1) is 0 Å². The van der Waals surface area contributed by atoms with Crippen LogP contribution in [-0.4, -0.2) is 47.6 Å². The fraction of sp³-hybridized carbons (Fsp3) is 0.565. The molecule has 6 nitrogen and oxygen atoms in total. The summed E-state index contributed by atoms with van der Waals surface area (Å²) in [7, 11) is 0. The van der Waals surface area contributed by atoms with Gasteiger partial charge in [0.1, 0.15) is 25.4 Å². The molecule has 0 saturated heterocycles. The SMILES string of the molecule is C[C@]12C=CC(OC(=O)CO)CC1=CC=C1[C@H]2CC[C@]2(C)C(OC(=O)CO)C=C[C@@H]12. The highest BCUT2D eigenvalue weighted by atomic mass is 16.6. The van der Waals surface area contributed by atoms with Crippen LogP contribution in [0.15, 0.2) is 47.6 Å². The minimum atomic E-state index is -0.609. The number of hydrogen-bond donors (Lipinski definition) is 2. The second-order valence-electron chi connectivity index (χ2n) is 8.92. The standard InChI is InChI=1S/C23H28O6/c1-22-9-7-15(28-20(26)12-24)11-14(22)3-4-16-17-5-6-19(29-21(27)13-25)23(17,2)10-8-18(16)22/h3-7,9,15,17-19,24-25H,8,10-13H2,1-2H3/t15?,17-,18+,19?,22-,23-/m0/s1. The molecule has 156 valence electrons. The van der Waals surface area contributed by atoms with E-state index in [1.807, 2.05) is 12.2 Å². The first kappa shape index (κ1) is 20.1. The molecular formula is C23H28O6. The Hall–Kier alpha value is -2.18. The molecule has 1 saturated carbocycles. The Morgan fingerprint density at radius 2 is 1.79 bits per heavy atom. The summed E-state index contributed by atoms with van der Waals surface area (Å²) in [4.78, 5) is 23.1. The molecule has 6 atom stereocenters. The van der Waals surface area contributed by atoms with Crippen LogP contribution in [0.2, 0.25) is 0 Å². The van der Waals surface area contributed by atoms with Crippen molar-refractivity contribution < 1.29 is 29.3 Å². The highest BCUT2D eigenvalue weighted by molar-refractivity contribution is 5.71. The first-order valence-corrected chi connectivity index (χ1v) is 10.2. The normalized spacial score (nSPS) is 39.6. The molecule has 2 N–H and O–H groups in total. The van der Waals surface area contributed by atoms with Crippen molar-refractivity contribution in [1.29, 1.82) is 0 Å². The van der Waals surface area contributed by atoms with Gasteiger partial charge in [0.15, 0.2) is 0 Å². The lowest BCUT2D eigenvalue weighted by Gasteiger charge is -2.52. The van der Waals surface area contributed by atoms with Crippen molar-refractivity contribution in [1.82, 2.24) is 0 Å². The van der Waals surface area contributed by atoms with Gasteiger partial charge < -0.3 is 19.7 Å². The van der Waals surface area contributed by atoms with Crippen LogP contribution in [-0.2, 0) is 19.1 Å². The number of carbonyl (C=O) groups is 2. The molecule has 2 unspecified atom stereocenters. The molecule has 4 rings (SSSR count). The summed E-state index contributed by atoms with van der Waals surface area (Å²) in [6.45, 7) is 3.18. The van der Waals surface area contributed by atoms with E-state index in [2.05, 4.69) is 38.2 Å². The molecule has 4 aliphatic carbocycles. The van der Waals surface area contributed by atoms with Gasteiger partial charge in [-0.2, -0.15) is 0 Å². The van der Waals surface area contributed by atoms with E-state index < -0.39 is 25.2 Å². The summed E-state index contributed by atoms with van der Waals surface area (Å²) in [5.74, 6) is -0.674. The zero-order chi connectivity index (χ0) is 20.8. The van der Waals surface area contributed by atoms with Crippen molar-refractivity contribution in [3.63, 3.8) is 0 Å². The lowest BCUT2D eigenvalue weighted by Crippen LogP contribution is -2.47. The zero-order valence-electron chi connectivity index (χ0n) is 16.8. The monoisotopic (exact) mass is 400 g/mol. The second kappa shape index (κ2) is 7.26. The maximum absolute atomic E-state index is 11.6. The third kappa shape index (κ3) is 3.19. The van der Waals surface area contributed by atoms with Crippen molar-refractivity contribution in [3.05, 3.63) is 47.6 Å². The predicted molar refractivity (Wildman–Crippen MR) is 105 cm³/mol. The number of ether oxygens (including phenoxy) is 2. The minimum Gasteiger partial charge on any atom is -0.456 e. The smallest absolute Gasteiger partial charge is 0.332 e. The van der Waals surface area contributed by atoms with E-state index in [1.165, 1.54) is 11.1 Å². The maximum atomic E-state index is 11.6. The molecular weight excluding hydrogens is 372 g/mol. The molecule has 0 aliphatic heterocycles. The van der Waals surface area contributed by atoms with Crippen LogP contribution in [0.1, 0.15) is 33.1 Å². The molecule has 0 amide bonds. The Morgan fingerprint density at radius 3 is 2.52 bits per heavy atom. The summed E-state index contributed by atoms with van der Waals surface area (Å²) in [5, 5.41) is 18.0. The van der Waals surface area contributed by atoms with Crippen molar-refractivity contribution in [3.8, 4) is 0 Å². The van der Waals surface area contributed by atoms with E-state index in [4.69, 9.17) is 19.7 Å². The molecule has 0 bridgehead atoms. The van der Waals surface area contributed by atoms with Crippen LogP contribution in [0.5, 0.6) is 0 Å². The second-order valence-corrected chi connectivity index (χ2v) is 8.92. The molecule has 4 aliphatic rings. The lowest BCUT2D eigenvalue weighted by molar-refractivity contribution is -0.156. The highest BCUT2D eigenvalue weighted by Crippen LogP contribution is 2.61. The molecule has 0 aromatic carbocycles. The van der Waals surface area contributed by atoms with Crippen molar-refractivity contribution in [2.24, 2.45) is 22.7 Å². The molecule has 29 heavy (non-hydrogen) atoms. The number of allylic oxidation sites excluding steroid dienone is 5. The van der Waals surface area contributed by atoms with Gasteiger partial charge in [0.2, 0.25) is 0 Å². The maximum Gasteiger partial charge on any atom is 0.332 e. The summed E-state index contributed by atoms with van der Waals surface area (Å²) in [6, 6.07) is 0. The largest absolute Gasteiger partial charge is 0.456 e. The predicted octanol–water partition coefficient (Wildman–Crippen LogP) is 2.23. The lowest BCUT2D eigenvalue weighted by atomic mass is 9.52. The van der Waals surface area contributed by atoms with Crippen LogP contribution in [0, 0.1) is 22.7 Å². The van der Waals surface area contributed by atoms with Crippen LogP contribution in [0.25, 0.3) is 0 Å². The number of aliphatic hydroxyl groups is 2. The number of fused-ring (bicyclic) bond motifs is 5. The minimum absolute atomic E-state index is 0.138. The topological polar surface area (TPSA) is 93.1 Å². The number of rotatable bonds is 4. The third-order valence-corrected chi connectivity index (χ3v) is 7.34. The van der Waals surface area contributed by atoms with Crippen LogP contribution in [0.3, 0.4) is 0 Å². The summed E-state index contributed by atoms with van der Waals surface area (Å²) in [6.07, 6.45) is 14.4. The number of carbonyl (C=O) groups excluding carboxylic acids is 2. The fourth-order valence-electron chi connectivity index (χ4n) is 5.67. The van der Waals surface area contributed by atoms with Gasteiger partial charge in [-0.1, -0.05) is 49.3 Å². The number of esters is 2. The molecule has 1 fully saturated rings. The Morgan fingerprint density at radius 1 is 1.07 bits per heavy atom. The van der Waals surface area contributed by atoms with Gasteiger partial charge in [-0.3, -0.25) is 0 Å². The average Bonchev–Trinajstić information content (AvgIpc) is 3.04.